The molecule has 2 aromatic rings. The fraction of sp³-hybridized carbons (Fsp3) is 0.238. The number of amides is 1. The number of carboxylic acids is 1. The normalized spacial score (nSPS) is 15.7. The van der Waals surface area contributed by atoms with Gasteiger partial charge in [0.2, 0.25) is 0 Å². The molecule has 3 rings (SSSR count). The largest absolute Gasteiger partial charge is 0.478 e. The van der Waals surface area contributed by atoms with Crippen molar-refractivity contribution in [2.75, 3.05) is 26.2 Å². The number of nitrogens with one attached hydrogen (secondary N) is 1. The summed E-state index contributed by atoms with van der Waals surface area (Å²) in [5.74, 6) is -1.15. The average molecular weight is 365 g/mol. The van der Waals surface area contributed by atoms with Crippen LogP contribution in [-0.4, -0.2) is 53.1 Å². The number of carbonyl (C=O) groups excluding carboxylic acids is 1. The zero-order valence-electron chi connectivity index (χ0n) is 15.0. The Morgan fingerprint density at radius 2 is 1.63 bits per heavy atom. The fourth-order valence-electron chi connectivity index (χ4n) is 2.96. The molecule has 2 N–H and O–H groups in total. The molecule has 1 saturated heterocycles. The minimum absolute atomic E-state index is 0.186. The van der Waals surface area contributed by atoms with Gasteiger partial charge < -0.3 is 5.11 Å². The first kappa shape index (κ1) is 18.8. The van der Waals surface area contributed by atoms with Crippen LogP contribution in [0.15, 0.2) is 60.7 Å². The van der Waals surface area contributed by atoms with Crippen LogP contribution in [0.25, 0.3) is 6.08 Å². The maximum Gasteiger partial charge on any atom is 0.335 e. The van der Waals surface area contributed by atoms with E-state index in [1.807, 2.05) is 23.2 Å². The van der Waals surface area contributed by atoms with E-state index in [0.717, 1.165) is 38.3 Å². The number of hydrazine groups is 1. The van der Waals surface area contributed by atoms with Gasteiger partial charge in [0.15, 0.2) is 0 Å². The smallest absolute Gasteiger partial charge is 0.335 e. The highest BCUT2D eigenvalue weighted by Gasteiger charge is 2.17. The molecule has 0 aliphatic carbocycles. The first-order chi connectivity index (χ1) is 13.1. The molecule has 0 aromatic heterocycles. The van der Waals surface area contributed by atoms with Gasteiger partial charge in [-0.3, -0.25) is 15.1 Å². The van der Waals surface area contributed by atoms with Crippen molar-refractivity contribution in [3.63, 3.8) is 0 Å². The minimum atomic E-state index is -0.963. The van der Waals surface area contributed by atoms with Crippen LogP contribution in [0.3, 0.4) is 0 Å². The lowest BCUT2D eigenvalue weighted by Gasteiger charge is -2.34. The number of aromatic carboxylic acids is 1. The van der Waals surface area contributed by atoms with E-state index in [4.69, 9.17) is 5.11 Å². The topological polar surface area (TPSA) is 72.9 Å². The Kier molecular flexibility index (Phi) is 6.35. The number of rotatable bonds is 6. The number of hydrogen-bond acceptors (Lipinski definition) is 4. The Morgan fingerprint density at radius 1 is 0.963 bits per heavy atom. The maximum absolute atomic E-state index is 12.1. The predicted octanol–water partition coefficient (Wildman–Crippen LogP) is 2.25. The predicted molar refractivity (Wildman–Crippen MR) is 104 cm³/mol. The van der Waals surface area contributed by atoms with E-state index in [0.29, 0.717) is 0 Å². The second kappa shape index (κ2) is 9.12. The molecule has 0 saturated carbocycles. The van der Waals surface area contributed by atoms with Crippen molar-refractivity contribution in [3.8, 4) is 0 Å². The van der Waals surface area contributed by atoms with E-state index in [9.17, 15) is 9.59 Å². The summed E-state index contributed by atoms with van der Waals surface area (Å²) in [6.07, 6.45) is 3.14. The molecule has 1 heterocycles. The van der Waals surface area contributed by atoms with Gasteiger partial charge >= 0.3 is 5.97 Å². The summed E-state index contributed by atoms with van der Waals surface area (Å²) < 4.78 is 0. The Bertz CT molecular complexity index is 795. The van der Waals surface area contributed by atoms with Crippen molar-refractivity contribution in [2.24, 2.45) is 0 Å². The molecule has 1 aliphatic rings. The lowest BCUT2D eigenvalue weighted by molar-refractivity contribution is -0.121. The van der Waals surface area contributed by atoms with Crippen molar-refractivity contribution in [1.82, 2.24) is 15.3 Å². The van der Waals surface area contributed by atoms with Gasteiger partial charge in [-0.1, -0.05) is 42.5 Å². The summed E-state index contributed by atoms with van der Waals surface area (Å²) >= 11 is 0. The molecule has 1 aliphatic heterocycles. The Hall–Kier alpha value is -2.96. The molecule has 1 amide bonds. The molecule has 6 nitrogen and oxygen atoms in total. The van der Waals surface area contributed by atoms with Gasteiger partial charge in [0, 0.05) is 38.8 Å². The quantitative estimate of drug-likeness (QED) is 0.768. The van der Waals surface area contributed by atoms with Crippen LogP contribution in [-0.2, 0) is 11.3 Å². The maximum atomic E-state index is 12.1. The van der Waals surface area contributed by atoms with E-state index in [1.54, 1.807) is 18.2 Å². The van der Waals surface area contributed by atoms with Gasteiger partial charge in [0.1, 0.15) is 0 Å². The molecule has 0 bridgehead atoms. The molecule has 1 fully saturated rings. The van der Waals surface area contributed by atoms with Gasteiger partial charge in [0.25, 0.3) is 5.91 Å². The summed E-state index contributed by atoms with van der Waals surface area (Å²) in [5, 5.41) is 10.8. The van der Waals surface area contributed by atoms with Gasteiger partial charge in [-0.15, -0.1) is 0 Å². The number of piperazine rings is 1. The van der Waals surface area contributed by atoms with Crippen molar-refractivity contribution >= 4 is 18.0 Å². The van der Waals surface area contributed by atoms with Crippen LogP contribution in [0.1, 0.15) is 21.5 Å². The van der Waals surface area contributed by atoms with Crippen molar-refractivity contribution in [2.45, 2.75) is 6.54 Å². The molecule has 0 spiro atoms. The van der Waals surface area contributed by atoms with Crippen molar-refractivity contribution in [3.05, 3.63) is 77.4 Å². The van der Waals surface area contributed by atoms with Crippen LogP contribution in [0, 0.1) is 0 Å². The van der Waals surface area contributed by atoms with Gasteiger partial charge in [-0.05, 0) is 29.3 Å². The van der Waals surface area contributed by atoms with E-state index >= 15 is 0 Å². The van der Waals surface area contributed by atoms with E-state index in [-0.39, 0.29) is 11.5 Å². The molecule has 0 unspecified atom stereocenters. The van der Waals surface area contributed by atoms with Crippen LogP contribution >= 0.6 is 0 Å². The third-order valence-corrected chi connectivity index (χ3v) is 4.47. The molecule has 0 atom stereocenters. The van der Waals surface area contributed by atoms with Gasteiger partial charge in [-0.2, -0.15) is 0 Å². The summed E-state index contributed by atoms with van der Waals surface area (Å²) in [7, 11) is 0. The van der Waals surface area contributed by atoms with Crippen LogP contribution in [0.5, 0.6) is 0 Å². The monoisotopic (exact) mass is 365 g/mol. The lowest BCUT2D eigenvalue weighted by Crippen LogP contribution is -2.52. The molecular formula is C21H23N3O3. The van der Waals surface area contributed by atoms with Crippen LogP contribution in [0.4, 0.5) is 0 Å². The van der Waals surface area contributed by atoms with E-state index in [2.05, 4.69) is 22.5 Å². The fourth-order valence-corrected chi connectivity index (χ4v) is 2.96. The zero-order chi connectivity index (χ0) is 19.1. The van der Waals surface area contributed by atoms with Gasteiger partial charge in [-0.25, -0.2) is 9.80 Å². The Balaban J connectivity index is 1.43. The molecule has 140 valence electrons. The van der Waals surface area contributed by atoms with E-state index in [1.165, 1.54) is 23.8 Å². The van der Waals surface area contributed by atoms with E-state index < -0.39 is 5.97 Å². The number of carbonyl (C=O) groups is 2. The third-order valence-electron chi connectivity index (χ3n) is 4.47. The molecule has 0 radical (unpaired) electrons. The second-order valence-corrected chi connectivity index (χ2v) is 6.49. The highest BCUT2D eigenvalue weighted by molar-refractivity contribution is 5.92. The number of benzene rings is 2. The highest BCUT2D eigenvalue weighted by atomic mass is 16.4. The Morgan fingerprint density at radius 3 is 2.26 bits per heavy atom. The minimum Gasteiger partial charge on any atom is -0.478 e. The summed E-state index contributed by atoms with van der Waals surface area (Å²) in [5.41, 5.74) is 5.20. The molecule has 2 aromatic carbocycles. The summed E-state index contributed by atoms with van der Waals surface area (Å²) in [6.45, 7) is 4.28. The highest BCUT2D eigenvalue weighted by Crippen LogP contribution is 2.08. The standard InChI is InChI=1S/C21H23N3O3/c25-20(11-8-17-6-9-19(10-7-17)21(26)27)22-24-14-12-23(13-15-24)16-18-4-2-1-3-5-18/h1-11H,12-16H2,(H,22,25)(H,26,27)/b11-8+. The number of carboxylic acid groups (broad SMARTS) is 1. The Labute approximate surface area is 158 Å². The third kappa shape index (κ3) is 5.77. The summed E-state index contributed by atoms with van der Waals surface area (Å²) in [4.78, 5) is 25.3. The van der Waals surface area contributed by atoms with Crippen molar-refractivity contribution in [1.29, 1.82) is 0 Å². The average Bonchev–Trinajstić information content (AvgIpc) is 2.69. The van der Waals surface area contributed by atoms with Crippen LogP contribution in [0.2, 0.25) is 0 Å². The van der Waals surface area contributed by atoms with Crippen molar-refractivity contribution < 1.29 is 14.7 Å². The first-order valence-electron chi connectivity index (χ1n) is 8.93. The number of nitrogens with zero attached hydrogens (tertiary/aromatic N) is 2. The van der Waals surface area contributed by atoms with Gasteiger partial charge in [0.05, 0.1) is 5.56 Å². The number of hydrogen-bond donors (Lipinski definition) is 2. The second-order valence-electron chi connectivity index (χ2n) is 6.49. The van der Waals surface area contributed by atoms with Crippen LogP contribution < -0.4 is 5.43 Å². The summed E-state index contributed by atoms with van der Waals surface area (Å²) in [6, 6.07) is 16.8. The molecular weight excluding hydrogens is 342 g/mol. The first-order valence-corrected chi connectivity index (χ1v) is 8.93. The molecule has 27 heavy (non-hydrogen) atoms. The zero-order valence-corrected chi connectivity index (χ0v) is 15.0. The SMILES string of the molecule is O=C(/C=C/c1ccc(C(=O)O)cc1)NN1CCN(Cc2ccccc2)CC1. The molecule has 6 heteroatoms. The lowest BCUT2D eigenvalue weighted by atomic mass is 10.1.